The number of aliphatic hydroxyl groups excluding tert-OH is 1. The van der Waals surface area contributed by atoms with Crippen LogP contribution in [-0.4, -0.2) is 14.9 Å². The number of aryl methyl sites for hydroxylation is 3. The van der Waals surface area contributed by atoms with Crippen LogP contribution in [0, 0.1) is 13.8 Å². The van der Waals surface area contributed by atoms with Crippen LogP contribution in [0.3, 0.4) is 0 Å². The van der Waals surface area contributed by atoms with Crippen molar-refractivity contribution in [3.05, 3.63) is 39.5 Å². The van der Waals surface area contributed by atoms with Crippen LogP contribution in [0.15, 0.2) is 21.0 Å². The fourth-order valence-electron chi connectivity index (χ4n) is 1.82. The lowest BCUT2D eigenvalue weighted by molar-refractivity contribution is 0.146. The first kappa shape index (κ1) is 12.4. The Morgan fingerprint density at radius 1 is 1.47 bits per heavy atom. The fraction of sp³-hybridized carbons (Fsp3) is 0.417. The molecule has 0 radical (unpaired) electrons. The highest BCUT2D eigenvalue weighted by Crippen LogP contribution is 2.26. The van der Waals surface area contributed by atoms with E-state index in [0.29, 0.717) is 12.2 Å². The third-order valence-corrected chi connectivity index (χ3v) is 3.77. The van der Waals surface area contributed by atoms with Crippen LogP contribution in [0.25, 0.3) is 0 Å². The molecule has 92 valence electrons. The molecule has 0 fully saturated rings. The molecule has 2 heterocycles. The SMILES string of the molecule is Cc1ccc(C(O)Cc2c(Br)c(C)nn2C)o1. The third-order valence-electron chi connectivity index (χ3n) is 2.74. The molecule has 0 aliphatic heterocycles. The Bertz CT molecular complexity index is 531. The molecule has 2 aromatic heterocycles. The fourth-order valence-corrected chi connectivity index (χ4v) is 2.32. The molecule has 0 spiro atoms. The second-order valence-corrected chi connectivity index (χ2v) is 4.93. The first-order chi connectivity index (χ1) is 7.99. The second kappa shape index (κ2) is 4.66. The van der Waals surface area contributed by atoms with Crippen LogP contribution in [0.1, 0.15) is 29.0 Å². The van der Waals surface area contributed by atoms with E-state index in [1.54, 1.807) is 10.7 Å². The van der Waals surface area contributed by atoms with Crippen LogP contribution < -0.4 is 0 Å². The molecule has 0 saturated carbocycles. The van der Waals surface area contributed by atoms with Gasteiger partial charge in [-0.1, -0.05) is 0 Å². The Balaban J connectivity index is 2.21. The molecule has 0 aliphatic rings. The Morgan fingerprint density at radius 3 is 2.65 bits per heavy atom. The van der Waals surface area contributed by atoms with E-state index in [0.717, 1.165) is 21.6 Å². The highest BCUT2D eigenvalue weighted by molar-refractivity contribution is 9.10. The molecule has 0 saturated heterocycles. The summed E-state index contributed by atoms with van der Waals surface area (Å²) in [6, 6.07) is 3.65. The topological polar surface area (TPSA) is 51.2 Å². The molecule has 2 rings (SSSR count). The Morgan fingerprint density at radius 2 is 2.18 bits per heavy atom. The monoisotopic (exact) mass is 298 g/mol. The minimum absolute atomic E-state index is 0.477. The molecule has 1 N–H and O–H groups in total. The summed E-state index contributed by atoms with van der Waals surface area (Å²) in [6.07, 6.45) is -0.167. The summed E-state index contributed by atoms with van der Waals surface area (Å²) in [4.78, 5) is 0. The number of nitrogens with zero attached hydrogens (tertiary/aromatic N) is 2. The van der Waals surface area contributed by atoms with E-state index in [1.807, 2.05) is 27.0 Å². The Hall–Kier alpha value is -1.07. The van der Waals surface area contributed by atoms with Crippen molar-refractivity contribution in [1.29, 1.82) is 0 Å². The van der Waals surface area contributed by atoms with Crippen molar-refractivity contribution in [3.63, 3.8) is 0 Å². The number of aromatic nitrogens is 2. The van der Waals surface area contributed by atoms with E-state index in [-0.39, 0.29) is 0 Å². The zero-order valence-electron chi connectivity index (χ0n) is 10.1. The van der Waals surface area contributed by atoms with Crippen LogP contribution in [0.4, 0.5) is 0 Å². The van der Waals surface area contributed by atoms with E-state index in [9.17, 15) is 5.11 Å². The molecule has 2 aromatic rings. The molecule has 0 amide bonds. The number of furan rings is 1. The maximum absolute atomic E-state index is 10.1. The third kappa shape index (κ3) is 2.45. The number of hydrogen-bond donors (Lipinski definition) is 1. The van der Waals surface area contributed by atoms with Crippen LogP contribution >= 0.6 is 15.9 Å². The maximum atomic E-state index is 10.1. The minimum atomic E-state index is -0.644. The van der Waals surface area contributed by atoms with E-state index in [2.05, 4.69) is 21.0 Å². The lowest BCUT2D eigenvalue weighted by Crippen LogP contribution is -2.06. The van der Waals surface area contributed by atoms with Gasteiger partial charge in [-0.15, -0.1) is 0 Å². The summed E-state index contributed by atoms with van der Waals surface area (Å²) in [5, 5.41) is 14.4. The lowest BCUT2D eigenvalue weighted by Gasteiger charge is -2.08. The van der Waals surface area contributed by atoms with E-state index in [4.69, 9.17) is 4.42 Å². The van der Waals surface area contributed by atoms with Crippen molar-refractivity contribution in [2.75, 3.05) is 0 Å². The zero-order valence-corrected chi connectivity index (χ0v) is 11.7. The average Bonchev–Trinajstić information content (AvgIpc) is 2.79. The van der Waals surface area contributed by atoms with Gasteiger partial charge in [0.2, 0.25) is 0 Å². The summed E-state index contributed by atoms with van der Waals surface area (Å²) in [7, 11) is 1.87. The van der Waals surface area contributed by atoms with Crippen molar-refractivity contribution in [2.24, 2.45) is 7.05 Å². The molecule has 1 unspecified atom stereocenters. The van der Waals surface area contributed by atoms with Crippen molar-refractivity contribution in [2.45, 2.75) is 26.4 Å². The van der Waals surface area contributed by atoms with Gasteiger partial charge in [0.15, 0.2) is 0 Å². The number of halogens is 1. The van der Waals surface area contributed by atoms with E-state index >= 15 is 0 Å². The van der Waals surface area contributed by atoms with Crippen molar-refractivity contribution in [3.8, 4) is 0 Å². The molecule has 0 aromatic carbocycles. The first-order valence-corrected chi connectivity index (χ1v) is 6.20. The van der Waals surface area contributed by atoms with Crippen LogP contribution in [0.2, 0.25) is 0 Å². The number of rotatable bonds is 3. The first-order valence-electron chi connectivity index (χ1n) is 5.41. The standard InChI is InChI=1S/C12H15BrN2O2/c1-7-4-5-11(17-7)10(16)6-9-12(13)8(2)14-15(9)3/h4-5,10,16H,6H2,1-3H3. The van der Waals surface area contributed by atoms with Gasteiger partial charge < -0.3 is 9.52 Å². The normalized spacial score (nSPS) is 13.0. The van der Waals surface area contributed by atoms with Crippen LogP contribution in [-0.2, 0) is 13.5 Å². The summed E-state index contributed by atoms with van der Waals surface area (Å²) >= 11 is 3.48. The van der Waals surface area contributed by atoms with Gasteiger partial charge in [0.1, 0.15) is 17.6 Å². The Labute approximate surface area is 108 Å². The van der Waals surface area contributed by atoms with Crippen molar-refractivity contribution < 1.29 is 9.52 Å². The van der Waals surface area contributed by atoms with E-state index in [1.165, 1.54) is 0 Å². The number of hydrogen-bond acceptors (Lipinski definition) is 3. The van der Waals surface area contributed by atoms with Gasteiger partial charge >= 0.3 is 0 Å². The average molecular weight is 299 g/mol. The van der Waals surface area contributed by atoms with Gasteiger partial charge in [0, 0.05) is 13.5 Å². The summed E-state index contributed by atoms with van der Waals surface area (Å²) in [5.74, 6) is 1.40. The molecule has 0 aliphatic carbocycles. The lowest BCUT2D eigenvalue weighted by atomic mass is 10.1. The van der Waals surface area contributed by atoms with Gasteiger partial charge in [-0.2, -0.15) is 5.10 Å². The van der Waals surface area contributed by atoms with Gasteiger partial charge in [0.25, 0.3) is 0 Å². The molecule has 0 bridgehead atoms. The van der Waals surface area contributed by atoms with Gasteiger partial charge in [-0.05, 0) is 41.9 Å². The van der Waals surface area contributed by atoms with Crippen LogP contribution in [0.5, 0.6) is 0 Å². The minimum Gasteiger partial charge on any atom is -0.464 e. The predicted octanol–water partition coefficient (Wildman–Crippen LogP) is 2.67. The molecule has 17 heavy (non-hydrogen) atoms. The second-order valence-electron chi connectivity index (χ2n) is 4.14. The van der Waals surface area contributed by atoms with Gasteiger partial charge in [-0.3, -0.25) is 4.68 Å². The number of aliphatic hydroxyl groups is 1. The highest BCUT2D eigenvalue weighted by Gasteiger charge is 2.18. The van der Waals surface area contributed by atoms with E-state index < -0.39 is 6.10 Å². The molecule has 1 atom stereocenters. The largest absolute Gasteiger partial charge is 0.464 e. The molecular formula is C12H15BrN2O2. The van der Waals surface area contributed by atoms with Crippen molar-refractivity contribution >= 4 is 15.9 Å². The smallest absolute Gasteiger partial charge is 0.133 e. The predicted molar refractivity (Wildman–Crippen MR) is 67.8 cm³/mol. The van der Waals surface area contributed by atoms with Crippen molar-refractivity contribution in [1.82, 2.24) is 9.78 Å². The van der Waals surface area contributed by atoms with Gasteiger partial charge in [-0.25, -0.2) is 0 Å². The summed E-state index contributed by atoms with van der Waals surface area (Å²) < 4.78 is 8.13. The van der Waals surface area contributed by atoms with Gasteiger partial charge in [0.05, 0.1) is 15.9 Å². The summed E-state index contributed by atoms with van der Waals surface area (Å²) in [5.41, 5.74) is 1.88. The quantitative estimate of drug-likeness (QED) is 0.948. The molecule has 4 nitrogen and oxygen atoms in total. The highest BCUT2D eigenvalue weighted by atomic mass is 79.9. The zero-order chi connectivity index (χ0) is 12.6. The molecule has 5 heteroatoms. The maximum Gasteiger partial charge on any atom is 0.133 e. The molecular weight excluding hydrogens is 284 g/mol. The summed E-state index contributed by atoms with van der Waals surface area (Å²) in [6.45, 7) is 3.79. The Kier molecular flexibility index (Phi) is 3.40.